The Hall–Kier alpha value is -3.61. The van der Waals surface area contributed by atoms with E-state index in [1.807, 2.05) is 6.08 Å². The molecule has 2 aromatic carbocycles. The fourth-order valence-electron chi connectivity index (χ4n) is 2.96. The first kappa shape index (κ1) is 18.2. The van der Waals surface area contributed by atoms with Crippen LogP contribution in [0.5, 0.6) is 0 Å². The van der Waals surface area contributed by atoms with Crippen LogP contribution in [0.25, 0.3) is 12.2 Å². The summed E-state index contributed by atoms with van der Waals surface area (Å²) in [6.45, 7) is 0. The summed E-state index contributed by atoms with van der Waals surface area (Å²) in [4.78, 5) is 33.0. The second-order valence-electron chi connectivity index (χ2n) is 6.20. The first-order valence-corrected chi connectivity index (χ1v) is 8.39. The summed E-state index contributed by atoms with van der Waals surface area (Å²) in [5.74, 6) is 0.0211. The lowest BCUT2D eigenvalue weighted by Crippen LogP contribution is -2.11. The number of rotatable bonds is 4. The number of Topliss-reactive ketones (excluding diaryl/α,β-unsaturated/α-hetero) is 1. The average molecular weight is 364 g/mol. The van der Waals surface area contributed by atoms with Crippen molar-refractivity contribution in [3.63, 3.8) is 0 Å². The fourth-order valence-corrected chi connectivity index (χ4v) is 2.96. The normalized spacial score (nSPS) is 17.3. The quantitative estimate of drug-likeness (QED) is 0.443. The van der Waals surface area contributed by atoms with Crippen molar-refractivity contribution in [2.75, 3.05) is 0 Å². The van der Waals surface area contributed by atoms with Crippen LogP contribution in [0.2, 0.25) is 0 Å². The molecule has 2 aromatic rings. The third kappa shape index (κ3) is 4.33. The smallest absolute Gasteiger partial charge is 0.269 e. The number of benzene rings is 2. The van der Waals surface area contributed by atoms with Gasteiger partial charge in [0.15, 0.2) is 5.78 Å². The number of hydrogen-bond acceptors (Lipinski definition) is 5. The molecule has 1 fully saturated rings. The molecule has 0 unspecified atom stereocenters. The average Bonchev–Trinajstić information content (AvgIpc) is 2.65. The Kier molecular flexibility index (Phi) is 5.21. The SMILES string of the molecule is O=C1CCCC(=Cc2ccc([N+](=O)[O-])cc2)C1=Cc1ccc([N+](=O)[O-])cc1. The van der Waals surface area contributed by atoms with E-state index in [0.717, 1.165) is 24.0 Å². The first-order valence-electron chi connectivity index (χ1n) is 8.39. The second kappa shape index (κ2) is 7.74. The number of carbonyl (C=O) groups excluding carboxylic acids is 1. The lowest BCUT2D eigenvalue weighted by molar-refractivity contribution is -0.385. The Morgan fingerprint density at radius 1 is 0.741 bits per heavy atom. The number of nitrogens with zero attached hydrogens (tertiary/aromatic N) is 2. The van der Waals surface area contributed by atoms with E-state index in [0.29, 0.717) is 17.6 Å². The lowest BCUT2D eigenvalue weighted by atomic mass is 9.86. The molecule has 0 N–H and O–H groups in total. The molecule has 0 amide bonds. The number of carbonyl (C=O) groups is 1. The van der Waals surface area contributed by atoms with Crippen molar-refractivity contribution in [3.8, 4) is 0 Å². The monoisotopic (exact) mass is 364 g/mol. The van der Waals surface area contributed by atoms with Gasteiger partial charge in [-0.1, -0.05) is 6.08 Å². The van der Waals surface area contributed by atoms with Crippen LogP contribution < -0.4 is 0 Å². The van der Waals surface area contributed by atoms with E-state index >= 15 is 0 Å². The second-order valence-corrected chi connectivity index (χ2v) is 6.20. The Bertz CT molecular complexity index is 957. The van der Waals surface area contributed by atoms with E-state index in [9.17, 15) is 25.0 Å². The highest BCUT2D eigenvalue weighted by Gasteiger charge is 2.20. The maximum atomic E-state index is 12.4. The summed E-state index contributed by atoms with van der Waals surface area (Å²) in [5.41, 5.74) is 2.93. The summed E-state index contributed by atoms with van der Waals surface area (Å²) in [6, 6.07) is 12.2. The molecule has 1 aliphatic carbocycles. The zero-order chi connectivity index (χ0) is 19.4. The molecule has 1 saturated carbocycles. The highest BCUT2D eigenvalue weighted by molar-refractivity contribution is 6.05. The third-order valence-electron chi connectivity index (χ3n) is 4.36. The van der Waals surface area contributed by atoms with Gasteiger partial charge in [-0.15, -0.1) is 0 Å². The molecule has 7 heteroatoms. The van der Waals surface area contributed by atoms with E-state index in [1.54, 1.807) is 30.3 Å². The Labute approximate surface area is 154 Å². The number of nitro groups is 2. The number of allylic oxidation sites excluding steroid dienone is 2. The minimum absolute atomic E-state index is 0.00577. The van der Waals surface area contributed by atoms with Gasteiger partial charge in [-0.2, -0.15) is 0 Å². The molecule has 0 radical (unpaired) electrons. The molecule has 0 bridgehead atoms. The van der Waals surface area contributed by atoms with Gasteiger partial charge in [-0.3, -0.25) is 25.0 Å². The highest BCUT2D eigenvalue weighted by atomic mass is 16.6. The topological polar surface area (TPSA) is 103 Å². The van der Waals surface area contributed by atoms with Crippen LogP contribution in [-0.4, -0.2) is 15.6 Å². The van der Waals surface area contributed by atoms with Gasteiger partial charge < -0.3 is 0 Å². The third-order valence-corrected chi connectivity index (χ3v) is 4.36. The number of nitro benzene ring substituents is 2. The summed E-state index contributed by atoms with van der Waals surface area (Å²) in [7, 11) is 0. The van der Waals surface area contributed by atoms with E-state index in [-0.39, 0.29) is 17.2 Å². The molecule has 0 spiro atoms. The molecule has 0 saturated heterocycles. The van der Waals surface area contributed by atoms with Gasteiger partial charge in [-0.25, -0.2) is 0 Å². The zero-order valence-electron chi connectivity index (χ0n) is 14.3. The molecule has 0 aromatic heterocycles. The van der Waals surface area contributed by atoms with Gasteiger partial charge in [0.25, 0.3) is 11.4 Å². The summed E-state index contributed by atoms with van der Waals surface area (Å²) < 4.78 is 0. The standard InChI is InChI=1S/C20H16N2O5/c23-20-3-1-2-16(12-14-4-8-17(9-5-14)21(24)25)19(20)13-15-6-10-18(11-7-15)22(26)27/h4-13H,1-3H2. The van der Waals surface area contributed by atoms with Crippen molar-refractivity contribution < 1.29 is 14.6 Å². The lowest BCUT2D eigenvalue weighted by Gasteiger charge is -2.17. The van der Waals surface area contributed by atoms with Crippen molar-refractivity contribution >= 4 is 29.3 Å². The van der Waals surface area contributed by atoms with E-state index in [1.165, 1.54) is 24.3 Å². The van der Waals surface area contributed by atoms with Gasteiger partial charge in [-0.05, 0) is 59.9 Å². The Morgan fingerprint density at radius 3 is 1.70 bits per heavy atom. The van der Waals surface area contributed by atoms with Crippen LogP contribution in [0, 0.1) is 20.2 Å². The zero-order valence-corrected chi connectivity index (χ0v) is 14.3. The van der Waals surface area contributed by atoms with Crippen molar-refractivity contribution in [1.29, 1.82) is 0 Å². The fraction of sp³-hybridized carbons (Fsp3) is 0.150. The molecule has 0 aliphatic heterocycles. The molecular formula is C20H16N2O5. The van der Waals surface area contributed by atoms with Crippen LogP contribution in [0.4, 0.5) is 11.4 Å². The number of non-ortho nitro benzene ring substituents is 2. The van der Waals surface area contributed by atoms with E-state index < -0.39 is 9.85 Å². The molecule has 27 heavy (non-hydrogen) atoms. The van der Waals surface area contributed by atoms with Crippen molar-refractivity contribution in [2.45, 2.75) is 19.3 Å². The molecule has 0 atom stereocenters. The van der Waals surface area contributed by atoms with Gasteiger partial charge in [0.05, 0.1) is 9.85 Å². The van der Waals surface area contributed by atoms with Crippen LogP contribution >= 0.6 is 0 Å². The maximum Gasteiger partial charge on any atom is 0.269 e. The van der Waals surface area contributed by atoms with Crippen LogP contribution in [0.15, 0.2) is 59.7 Å². The molecule has 1 aliphatic rings. The Morgan fingerprint density at radius 2 is 1.22 bits per heavy atom. The van der Waals surface area contributed by atoms with Crippen molar-refractivity contribution in [2.24, 2.45) is 0 Å². The molecule has 136 valence electrons. The molecular weight excluding hydrogens is 348 g/mol. The van der Waals surface area contributed by atoms with Crippen molar-refractivity contribution in [3.05, 3.63) is 91.0 Å². The minimum atomic E-state index is -0.470. The van der Waals surface area contributed by atoms with Crippen LogP contribution in [0.3, 0.4) is 0 Å². The minimum Gasteiger partial charge on any atom is -0.294 e. The molecule has 0 heterocycles. The van der Waals surface area contributed by atoms with E-state index in [4.69, 9.17) is 0 Å². The van der Waals surface area contributed by atoms with Gasteiger partial charge >= 0.3 is 0 Å². The van der Waals surface area contributed by atoms with E-state index in [2.05, 4.69) is 0 Å². The number of hydrogen-bond donors (Lipinski definition) is 0. The summed E-state index contributed by atoms with van der Waals surface area (Å²) in [6.07, 6.45) is 5.52. The van der Waals surface area contributed by atoms with Gasteiger partial charge in [0.2, 0.25) is 0 Å². The molecule has 3 rings (SSSR count). The largest absolute Gasteiger partial charge is 0.294 e. The highest BCUT2D eigenvalue weighted by Crippen LogP contribution is 2.30. The predicted octanol–water partition coefficient (Wildman–Crippen LogP) is 4.72. The summed E-state index contributed by atoms with van der Waals surface area (Å²) >= 11 is 0. The van der Waals surface area contributed by atoms with Crippen LogP contribution in [-0.2, 0) is 4.79 Å². The molecule has 7 nitrogen and oxygen atoms in total. The maximum absolute atomic E-state index is 12.4. The summed E-state index contributed by atoms with van der Waals surface area (Å²) in [5, 5.41) is 21.5. The van der Waals surface area contributed by atoms with Gasteiger partial charge in [0, 0.05) is 36.3 Å². The van der Waals surface area contributed by atoms with Crippen molar-refractivity contribution in [1.82, 2.24) is 0 Å². The predicted molar refractivity (Wildman–Crippen MR) is 101 cm³/mol. The Balaban J connectivity index is 1.93. The number of ketones is 1. The van der Waals surface area contributed by atoms with Gasteiger partial charge in [0.1, 0.15) is 0 Å². The first-order chi connectivity index (χ1) is 12.9. The van der Waals surface area contributed by atoms with Crippen LogP contribution in [0.1, 0.15) is 30.4 Å².